The van der Waals surface area contributed by atoms with Gasteiger partial charge in [-0.3, -0.25) is 0 Å². The Kier molecular flexibility index (Phi) is 2.12. The lowest BCUT2D eigenvalue weighted by Crippen LogP contribution is -2.43. The first kappa shape index (κ1) is 10.8. The zero-order valence-corrected chi connectivity index (χ0v) is 11.0. The van der Waals surface area contributed by atoms with Crippen molar-refractivity contribution in [2.75, 3.05) is 0 Å². The highest BCUT2D eigenvalue weighted by molar-refractivity contribution is 5.29. The van der Waals surface area contributed by atoms with E-state index < -0.39 is 0 Å². The molecule has 0 N–H and O–H groups in total. The molecule has 0 amide bonds. The lowest BCUT2D eigenvalue weighted by atomic mass is 9.60. The Labute approximate surface area is 99.3 Å². The van der Waals surface area contributed by atoms with Gasteiger partial charge < -0.3 is 4.74 Å². The van der Waals surface area contributed by atoms with Crippen LogP contribution >= 0.6 is 0 Å². The van der Waals surface area contributed by atoms with Crippen LogP contribution in [0.25, 0.3) is 0 Å². The Balaban J connectivity index is 1.97. The Hall–Kier alpha value is -0.300. The normalized spacial score (nSPS) is 50.7. The molecule has 1 nitrogen and oxygen atoms in total. The number of rotatable bonds is 1. The molecule has 2 fully saturated rings. The van der Waals surface area contributed by atoms with Crippen molar-refractivity contribution in [2.45, 2.75) is 64.6 Å². The van der Waals surface area contributed by atoms with E-state index in [1.54, 1.807) is 5.57 Å². The van der Waals surface area contributed by atoms with Crippen LogP contribution < -0.4 is 0 Å². The molecule has 90 valence electrons. The fraction of sp³-hybridized carbons (Fsp3) is 0.867. The summed E-state index contributed by atoms with van der Waals surface area (Å²) in [6.45, 7) is 9.38. The molecular formula is C15H24O. The van der Waals surface area contributed by atoms with Gasteiger partial charge in [-0.1, -0.05) is 25.5 Å². The minimum Gasteiger partial charge on any atom is -0.362 e. The first-order valence-electron chi connectivity index (χ1n) is 6.86. The molecular weight excluding hydrogens is 196 g/mol. The molecule has 3 aliphatic rings. The zero-order valence-electron chi connectivity index (χ0n) is 11.0. The first-order valence-corrected chi connectivity index (χ1v) is 6.86. The molecule has 1 spiro atoms. The van der Waals surface area contributed by atoms with Crippen LogP contribution in [0.1, 0.15) is 53.4 Å². The number of hydrogen-bond donors (Lipinski definition) is 0. The van der Waals surface area contributed by atoms with E-state index in [9.17, 15) is 0 Å². The third-order valence-electron chi connectivity index (χ3n) is 5.43. The lowest BCUT2D eigenvalue weighted by Gasteiger charge is -2.41. The highest BCUT2D eigenvalue weighted by Crippen LogP contribution is 2.66. The molecule has 1 heteroatoms. The number of ether oxygens (including phenoxy) is 1. The summed E-state index contributed by atoms with van der Waals surface area (Å²) in [5.41, 5.74) is 2.04. The van der Waals surface area contributed by atoms with E-state index in [-0.39, 0.29) is 11.2 Å². The van der Waals surface area contributed by atoms with Gasteiger partial charge in [-0.2, -0.15) is 0 Å². The molecule has 0 aromatic rings. The fourth-order valence-corrected chi connectivity index (χ4v) is 4.29. The summed E-state index contributed by atoms with van der Waals surface area (Å²) in [7, 11) is 0. The van der Waals surface area contributed by atoms with E-state index in [4.69, 9.17) is 4.74 Å². The van der Waals surface area contributed by atoms with Gasteiger partial charge in [0.05, 0.1) is 5.60 Å². The Morgan fingerprint density at radius 2 is 2.12 bits per heavy atom. The Morgan fingerprint density at radius 1 is 1.38 bits per heavy atom. The van der Waals surface area contributed by atoms with Gasteiger partial charge >= 0.3 is 0 Å². The third kappa shape index (κ3) is 1.21. The van der Waals surface area contributed by atoms with Crippen molar-refractivity contribution in [1.82, 2.24) is 0 Å². The second-order valence-corrected chi connectivity index (χ2v) is 6.71. The van der Waals surface area contributed by atoms with Crippen molar-refractivity contribution in [1.29, 1.82) is 0 Å². The van der Waals surface area contributed by atoms with E-state index in [0.29, 0.717) is 5.92 Å². The van der Waals surface area contributed by atoms with Crippen LogP contribution in [0.2, 0.25) is 0 Å². The standard InChI is InChI=1S/C15H24O/c1-10(2)12-6-7-14(4)15(16-14)8-5-11(3)9-13(12)15/h9-10,12-13H,5-8H2,1-4H3/t12-,13+,14+,15-/m0/s1. The van der Waals surface area contributed by atoms with Crippen LogP contribution in [0.15, 0.2) is 11.6 Å². The topological polar surface area (TPSA) is 12.5 Å². The van der Waals surface area contributed by atoms with Crippen molar-refractivity contribution in [3.05, 3.63) is 11.6 Å². The smallest absolute Gasteiger partial charge is 0.104 e. The maximum atomic E-state index is 6.24. The molecule has 1 heterocycles. The van der Waals surface area contributed by atoms with Crippen molar-refractivity contribution in [3.63, 3.8) is 0 Å². The quantitative estimate of drug-likeness (QED) is 0.482. The van der Waals surface area contributed by atoms with Gasteiger partial charge in [0.1, 0.15) is 5.60 Å². The summed E-state index contributed by atoms with van der Waals surface area (Å²) in [5.74, 6) is 2.32. The van der Waals surface area contributed by atoms with Crippen LogP contribution in [0, 0.1) is 17.8 Å². The van der Waals surface area contributed by atoms with Gasteiger partial charge in [0.15, 0.2) is 0 Å². The van der Waals surface area contributed by atoms with E-state index in [1.165, 1.54) is 25.7 Å². The summed E-state index contributed by atoms with van der Waals surface area (Å²) in [6, 6.07) is 0. The van der Waals surface area contributed by atoms with Gasteiger partial charge in [0.25, 0.3) is 0 Å². The average molecular weight is 220 g/mol. The summed E-state index contributed by atoms with van der Waals surface area (Å²) in [4.78, 5) is 0. The van der Waals surface area contributed by atoms with Crippen molar-refractivity contribution < 1.29 is 4.74 Å². The maximum Gasteiger partial charge on any atom is 0.104 e. The Bertz CT molecular complexity index is 343. The highest BCUT2D eigenvalue weighted by Gasteiger charge is 2.72. The molecule has 0 aromatic heterocycles. The molecule has 0 radical (unpaired) electrons. The molecule has 3 rings (SSSR count). The minimum absolute atomic E-state index is 0.222. The molecule has 2 aliphatic carbocycles. The van der Waals surface area contributed by atoms with Gasteiger partial charge in [-0.05, 0) is 51.4 Å². The maximum absolute atomic E-state index is 6.24. The van der Waals surface area contributed by atoms with Crippen molar-refractivity contribution in [2.24, 2.45) is 17.8 Å². The summed E-state index contributed by atoms with van der Waals surface area (Å²) >= 11 is 0. The lowest BCUT2D eigenvalue weighted by molar-refractivity contribution is 0.137. The molecule has 4 atom stereocenters. The SMILES string of the molecule is CC1=C[C@@H]2[C@H](C(C)C)CC[C@@]3(C)O[C@@]23CC1. The predicted molar refractivity (Wildman–Crippen MR) is 66.3 cm³/mol. The number of epoxide rings is 1. The third-order valence-corrected chi connectivity index (χ3v) is 5.43. The van der Waals surface area contributed by atoms with Gasteiger partial charge in [-0.15, -0.1) is 0 Å². The van der Waals surface area contributed by atoms with Gasteiger partial charge in [-0.25, -0.2) is 0 Å². The minimum atomic E-state index is 0.222. The molecule has 16 heavy (non-hydrogen) atoms. The predicted octanol–water partition coefficient (Wildman–Crippen LogP) is 3.94. The van der Waals surface area contributed by atoms with Crippen LogP contribution in [-0.2, 0) is 4.74 Å². The summed E-state index contributed by atoms with van der Waals surface area (Å²) in [6.07, 6.45) is 7.68. The van der Waals surface area contributed by atoms with Crippen molar-refractivity contribution >= 4 is 0 Å². The Morgan fingerprint density at radius 3 is 2.81 bits per heavy atom. The van der Waals surface area contributed by atoms with Crippen LogP contribution in [-0.4, -0.2) is 11.2 Å². The first-order chi connectivity index (χ1) is 7.48. The molecule has 1 aliphatic heterocycles. The fourth-order valence-electron chi connectivity index (χ4n) is 4.29. The zero-order chi connectivity index (χ0) is 11.6. The number of allylic oxidation sites excluding steroid dienone is 1. The van der Waals surface area contributed by atoms with Crippen molar-refractivity contribution in [3.8, 4) is 0 Å². The second-order valence-electron chi connectivity index (χ2n) is 6.71. The molecule has 0 bridgehead atoms. The summed E-state index contributed by atoms with van der Waals surface area (Å²) in [5, 5.41) is 0. The molecule has 1 saturated heterocycles. The largest absolute Gasteiger partial charge is 0.362 e. The van der Waals surface area contributed by atoms with Crippen LogP contribution in [0.4, 0.5) is 0 Å². The monoisotopic (exact) mass is 220 g/mol. The summed E-state index contributed by atoms with van der Waals surface area (Å²) < 4.78 is 6.24. The highest BCUT2D eigenvalue weighted by atomic mass is 16.6. The van der Waals surface area contributed by atoms with E-state index >= 15 is 0 Å². The molecule has 0 unspecified atom stereocenters. The second kappa shape index (κ2) is 3.13. The van der Waals surface area contributed by atoms with E-state index in [1.807, 2.05) is 0 Å². The van der Waals surface area contributed by atoms with Crippen LogP contribution in [0.3, 0.4) is 0 Å². The molecule has 1 saturated carbocycles. The van der Waals surface area contributed by atoms with Gasteiger partial charge in [0.2, 0.25) is 0 Å². The van der Waals surface area contributed by atoms with E-state index in [2.05, 4.69) is 33.8 Å². The van der Waals surface area contributed by atoms with Gasteiger partial charge in [0, 0.05) is 5.92 Å². The number of hydrogen-bond acceptors (Lipinski definition) is 1. The van der Waals surface area contributed by atoms with Crippen LogP contribution in [0.5, 0.6) is 0 Å². The molecule has 0 aromatic carbocycles. The average Bonchev–Trinajstić information content (AvgIpc) is 2.81. The van der Waals surface area contributed by atoms with E-state index in [0.717, 1.165) is 11.8 Å².